The van der Waals surface area contributed by atoms with Gasteiger partial charge in [-0.05, 0) is 24.6 Å². The first-order valence-electron chi connectivity index (χ1n) is 7.60. The fraction of sp³-hybridized carbons (Fsp3) is 0.0526. The molecule has 0 spiro atoms. The highest BCUT2D eigenvalue weighted by Gasteiger charge is 2.15. The van der Waals surface area contributed by atoms with E-state index >= 15 is 0 Å². The van der Waals surface area contributed by atoms with Crippen LogP contribution in [0.3, 0.4) is 0 Å². The van der Waals surface area contributed by atoms with Gasteiger partial charge in [0.25, 0.3) is 5.91 Å². The molecule has 0 saturated carbocycles. The Morgan fingerprint density at radius 1 is 1.21 bits per heavy atom. The summed E-state index contributed by atoms with van der Waals surface area (Å²) in [6, 6.07) is 13.3. The molecule has 0 aliphatic rings. The second-order valence-corrected chi connectivity index (χ2v) is 5.57. The lowest BCUT2D eigenvalue weighted by molar-refractivity contribution is 0.102. The van der Waals surface area contributed by atoms with Crippen molar-refractivity contribution in [1.29, 1.82) is 0 Å². The summed E-state index contributed by atoms with van der Waals surface area (Å²) < 4.78 is 5.44. The second kappa shape index (κ2) is 5.70. The number of hydrogen-bond acceptors (Lipinski definition) is 3. The topological polar surface area (TPSA) is 70.9 Å². The molecule has 0 fully saturated rings. The first kappa shape index (κ1) is 14.3. The molecule has 0 unspecified atom stereocenters. The van der Waals surface area contributed by atoms with Crippen LogP contribution in [-0.2, 0) is 0 Å². The summed E-state index contributed by atoms with van der Waals surface area (Å²) in [5, 5.41) is 3.77. The summed E-state index contributed by atoms with van der Waals surface area (Å²) >= 11 is 0. The number of benzene rings is 2. The number of rotatable bonds is 3. The molecule has 24 heavy (non-hydrogen) atoms. The molecule has 0 radical (unpaired) electrons. The summed E-state index contributed by atoms with van der Waals surface area (Å²) in [6.07, 6.45) is 4.96. The predicted molar refractivity (Wildman–Crippen MR) is 92.9 cm³/mol. The molecule has 0 bridgehead atoms. The number of H-pyrrole nitrogens is 1. The van der Waals surface area contributed by atoms with Gasteiger partial charge in [-0.25, -0.2) is 4.98 Å². The minimum Gasteiger partial charge on any atom is -0.463 e. The third-order valence-corrected chi connectivity index (χ3v) is 3.98. The maximum absolute atomic E-state index is 12.6. The number of hydrogen-bond donors (Lipinski definition) is 2. The van der Waals surface area contributed by atoms with E-state index in [1.165, 1.54) is 6.26 Å². The number of furan rings is 1. The van der Waals surface area contributed by atoms with Crippen molar-refractivity contribution in [3.05, 3.63) is 72.2 Å². The van der Waals surface area contributed by atoms with Gasteiger partial charge in [0.05, 0.1) is 5.56 Å². The average Bonchev–Trinajstić information content (AvgIpc) is 3.26. The van der Waals surface area contributed by atoms with Gasteiger partial charge in [0.15, 0.2) is 0 Å². The van der Waals surface area contributed by atoms with Gasteiger partial charge in [-0.1, -0.05) is 30.3 Å². The SMILES string of the molecule is Cc1ccc(-c2ncc[nH]2)cc1NC(=O)c1coc2ccccc12. The molecule has 5 heteroatoms. The van der Waals surface area contributed by atoms with Gasteiger partial charge < -0.3 is 14.7 Å². The number of nitrogens with one attached hydrogen (secondary N) is 2. The third kappa shape index (κ3) is 2.46. The Bertz CT molecular complexity index is 1020. The number of para-hydroxylation sites is 1. The van der Waals surface area contributed by atoms with E-state index in [-0.39, 0.29) is 5.91 Å². The molecule has 2 aromatic heterocycles. The molecule has 2 aromatic carbocycles. The maximum Gasteiger partial charge on any atom is 0.259 e. The highest BCUT2D eigenvalue weighted by molar-refractivity contribution is 6.12. The van der Waals surface area contributed by atoms with Crippen LogP contribution in [-0.4, -0.2) is 15.9 Å². The van der Waals surface area contributed by atoms with Crippen molar-refractivity contribution in [3.63, 3.8) is 0 Å². The first-order chi connectivity index (χ1) is 11.7. The van der Waals surface area contributed by atoms with Crippen LogP contribution in [0.25, 0.3) is 22.4 Å². The smallest absolute Gasteiger partial charge is 0.259 e. The quantitative estimate of drug-likeness (QED) is 0.589. The standard InChI is InChI=1S/C19H15N3O2/c1-12-6-7-13(18-20-8-9-21-18)10-16(12)22-19(23)15-11-24-17-5-3-2-4-14(15)17/h2-11H,1H3,(H,20,21)(H,22,23). The summed E-state index contributed by atoms with van der Waals surface area (Å²) in [5.74, 6) is 0.568. The monoisotopic (exact) mass is 317 g/mol. The van der Waals surface area contributed by atoms with Gasteiger partial charge in [0.1, 0.15) is 17.7 Å². The van der Waals surface area contributed by atoms with Crippen LogP contribution >= 0.6 is 0 Å². The van der Waals surface area contributed by atoms with Crippen LogP contribution < -0.4 is 5.32 Å². The highest BCUT2D eigenvalue weighted by atomic mass is 16.3. The fourth-order valence-electron chi connectivity index (χ4n) is 2.67. The van der Waals surface area contributed by atoms with E-state index in [0.29, 0.717) is 11.1 Å². The molecule has 0 atom stereocenters. The Morgan fingerprint density at radius 3 is 2.92 bits per heavy atom. The van der Waals surface area contributed by atoms with Gasteiger partial charge in [-0.3, -0.25) is 4.79 Å². The Hall–Kier alpha value is -3.34. The number of amides is 1. The van der Waals surface area contributed by atoms with E-state index in [2.05, 4.69) is 15.3 Å². The normalized spacial score (nSPS) is 10.9. The molecule has 4 aromatic rings. The molecule has 118 valence electrons. The number of carbonyl (C=O) groups is 1. The van der Waals surface area contributed by atoms with E-state index in [4.69, 9.17) is 4.42 Å². The van der Waals surface area contributed by atoms with Crippen molar-refractivity contribution in [3.8, 4) is 11.4 Å². The molecule has 0 aliphatic heterocycles. The molecular weight excluding hydrogens is 302 g/mol. The summed E-state index contributed by atoms with van der Waals surface area (Å²) in [4.78, 5) is 20.0. The lowest BCUT2D eigenvalue weighted by atomic mass is 10.1. The van der Waals surface area contributed by atoms with Crippen molar-refractivity contribution in [1.82, 2.24) is 9.97 Å². The Balaban J connectivity index is 1.67. The summed E-state index contributed by atoms with van der Waals surface area (Å²) in [6.45, 7) is 1.95. The lowest BCUT2D eigenvalue weighted by Crippen LogP contribution is -2.12. The van der Waals surface area contributed by atoms with Crippen molar-refractivity contribution in [2.24, 2.45) is 0 Å². The zero-order valence-corrected chi connectivity index (χ0v) is 13.0. The number of aromatic amines is 1. The van der Waals surface area contributed by atoms with Crippen molar-refractivity contribution >= 4 is 22.6 Å². The maximum atomic E-state index is 12.6. The van der Waals surface area contributed by atoms with Crippen LogP contribution in [0.5, 0.6) is 0 Å². The number of aryl methyl sites for hydroxylation is 1. The van der Waals surface area contributed by atoms with E-state index in [9.17, 15) is 4.79 Å². The van der Waals surface area contributed by atoms with Crippen LogP contribution in [0.15, 0.2) is 65.5 Å². The third-order valence-electron chi connectivity index (χ3n) is 3.98. The number of anilines is 1. The Labute approximate surface area is 138 Å². The minimum atomic E-state index is -0.195. The fourth-order valence-corrected chi connectivity index (χ4v) is 2.67. The van der Waals surface area contributed by atoms with E-state index < -0.39 is 0 Å². The highest BCUT2D eigenvalue weighted by Crippen LogP contribution is 2.25. The number of fused-ring (bicyclic) bond motifs is 1. The molecule has 0 saturated heterocycles. The number of aromatic nitrogens is 2. The minimum absolute atomic E-state index is 0.195. The van der Waals surface area contributed by atoms with Crippen LogP contribution in [0.4, 0.5) is 5.69 Å². The Morgan fingerprint density at radius 2 is 2.08 bits per heavy atom. The zero-order chi connectivity index (χ0) is 16.5. The summed E-state index contributed by atoms with van der Waals surface area (Å²) in [5.41, 5.74) is 3.86. The van der Waals surface area contributed by atoms with Gasteiger partial charge in [-0.15, -0.1) is 0 Å². The number of nitrogens with zero attached hydrogens (tertiary/aromatic N) is 1. The molecule has 0 aliphatic carbocycles. The van der Waals surface area contributed by atoms with E-state index in [0.717, 1.165) is 28.0 Å². The van der Waals surface area contributed by atoms with Crippen LogP contribution in [0, 0.1) is 6.92 Å². The van der Waals surface area contributed by atoms with Gasteiger partial charge in [-0.2, -0.15) is 0 Å². The lowest BCUT2D eigenvalue weighted by Gasteiger charge is -2.09. The first-order valence-corrected chi connectivity index (χ1v) is 7.60. The Kier molecular flexibility index (Phi) is 3.39. The molecule has 2 N–H and O–H groups in total. The number of imidazole rings is 1. The molecular formula is C19H15N3O2. The van der Waals surface area contributed by atoms with Crippen molar-refractivity contribution in [2.45, 2.75) is 6.92 Å². The van der Waals surface area contributed by atoms with Gasteiger partial charge >= 0.3 is 0 Å². The number of carbonyl (C=O) groups excluding carboxylic acids is 1. The largest absolute Gasteiger partial charge is 0.463 e. The predicted octanol–water partition coefficient (Wildman–Crippen LogP) is 4.38. The van der Waals surface area contributed by atoms with E-state index in [1.54, 1.807) is 12.4 Å². The average molecular weight is 317 g/mol. The van der Waals surface area contributed by atoms with Crippen molar-refractivity contribution in [2.75, 3.05) is 5.32 Å². The van der Waals surface area contributed by atoms with Gasteiger partial charge in [0.2, 0.25) is 0 Å². The van der Waals surface area contributed by atoms with Crippen LogP contribution in [0.2, 0.25) is 0 Å². The molecule has 4 rings (SSSR count). The summed E-state index contributed by atoms with van der Waals surface area (Å²) in [7, 11) is 0. The molecule has 5 nitrogen and oxygen atoms in total. The molecule has 1 amide bonds. The zero-order valence-electron chi connectivity index (χ0n) is 13.0. The van der Waals surface area contributed by atoms with Crippen molar-refractivity contribution < 1.29 is 9.21 Å². The van der Waals surface area contributed by atoms with Gasteiger partial charge in [0, 0.05) is 29.0 Å². The second-order valence-electron chi connectivity index (χ2n) is 5.57. The molecule has 2 heterocycles. The van der Waals surface area contributed by atoms with Crippen LogP contribution in [0.1, 0.15) is 15.9 Å². The van der Waals surface area contributed by atoms with E-state index in [1.807, 2.05) is 49.4 Å².